The molecule has 1 unspecified atom stereocenters. The molecule has 1 aromatic heterocycles. The third-order valence-corrected chi connectivity index (χ3v) is 2.65. The smallest absolute Gasteiger partial charge is 0.345 e. The average Bonchev–Trinajstić information content (AvgIpc) is 2.93. The second-order valence-corrected chi connectivity index (χ2v) is 4.30. The van der Waals surface area contributed by atoms with E-state index < -0.39 is 29.9 Å². The number of carbonyl (C=O) groups excluding carboxylic acids is 2. The van der Waals surface area contributed by atoms with E-state index in [1.54, 1.807) is 6.92 Å². The van der Waals surface area contributed by atoms with Crippen molar-refractivity contribution in [1.29, 1.82) is 0 Å². The SMILES string of the molecule is C=CC(=O)N(CC)CC(=O)NC(C)c1noc(C(F)(F)F)n1. The number of aromatic nitrogens is 2. The molecule has 0 aliphatic rings. The number of hydrogen-bond donors (Lipinski definition) is 1. The minimum absolute atomic E-state index is 0.254. The Bertz CT molecular complexity index is 556. The molecule has 0 aliphatic heterocycles. The lowest BCUT2D eigenvalue weighted by molar-refractivity contribution is -0.159. The maximum Gasteiger partial charge on any atom is 0.471 e. The Morgan fingerprint density at radius 3 is 2.59 bits per heavy atom. The van der Waals surface area contributed by atoms with Crippen molar-refractivity contribution in [1.82, 2.24) is 20.4 Å². The summed E-state index contributed by atoms with van der Waals surface area (Å²) >= 11 is 0. The van der Waals surface area contributed by atoms with Gasteiger partial charge in [-0.1, -0.05) is 11.7 Å². The number of hydrogen-bond acceptors (Lipinski definition) is 5. The van der Waals surface area contributed by atoms with E-state index in [-0.39, 0.29) is 18.9 Å². The molecule has 0 saturated carbocycles. The molecule has 1 rings (SSSR count). The van der Waals surface area contributed by atoms with Gasteiger partial charge in [0.25, 0.3) is 0 Å². The van der Waals surface area contributed by atoms with Gasteiger partial charge in [-0.15, -0.1) is 0 Å². The van der Waals surface area contributed by atoms with Crippen LogP contribution in [0.3, 0.4) is 0 Å². The lowest BCUT2D eigenvalue weighted by Gasteiger charge is -2.19. The predicted molar refractivity (Wildman–Crippen MR) is 68.3 cm³/mol. The van der Waals surface area contributed by atoms with E-state index in [4.69, 9.17) is 0 Å². The monoisotopic (exact) mass is 320 g/mol. The first kappa shape index (κ1) is 17.7. The Hall–Kier alpha value is -2.39. The summed E-state index contributed by atoms with van der Waals surface area (Å²) in [6, 6.07) is -0.898. The van der Waals surface area contributed by atoms with Crippen LogP contribution in [0.15, 0.2) is 17.2 Å². The van der Waals surface area contributed by atoms with Crippen LogP contribution in [0.25, 0.3) is 0 Å². The van der Waals surface area contributed by atoms with Gasteiger partial charge in [-0.3, -0.25) is 9.59 Å². The van der Waals surface area contributed by atoms with Crippen molar-refractivity contribution < 1.29 is 27.3 Å². The van der Waals surface area contributed by atoms with Crippen LogP contribution >= 0.6 is 0 Å². The van der Waals surface area contributed by atoms with Gasteiger partial charge < -0.3 is 14.7 Å². The number of alkyl halides is 3. The minimum Gasteiger partial charge on any atom is -0.345 e. The largest absolute Gasteiger partial charge is 0.471 e. The van der Waals surface area contributed by atoms with E-state index in [0.29, 0.717) is 0 Å². The number of likely N-dealkylation sites (N-methyl/N-ethyl adjacent to an activating group) is 1. The number of nitrogens with one attached hydrogen (secondary N) is 1. The van der Waals surface area contributed by atoms with Gasteiger partial charge in [0.1, 0.15) is 0 Å². The first-order valence-electron chi connectivity index (χ1n) is 6.30. The number of amides is 2. The van der Waals surface area contributed by atoms with Gasteiger partial charge in [0.15, 0.2) is 5.82 Å². The Morgan fingerprint density at radius 1 is 1.50 bits per heavy atom. The molecule has 1 atom stereocenters. The van der Waals surface area contributed by atoms with E-state index in [9.17, 15) is 22.8 Å². The average molecular weight is 320 g/mol. The number of carbonyl (C=O) groups is 2. The molecule has 0 saturated heterocycles. The third kappa shape index (κ3) is 4.57. The molecule has 1 N–H and O–H groups in total. The zero-order valence-corrected chi connectivity index (χ0v) is 12.0. The van der Waals surface area contributed by atoms with Gasteiger partial charge in [-0.2, -0.15) is 18.2 Å². The molecule has 0 aliphatic carbocycles. The number of halogens is 3. The molecule has 122 valence electrons. The predicted octanol–water partition coefficient (Wildman–Crippen LogP) is 1.30. The Kier molecular flexibility index (Phi) is 5.66. The van der Waals surface area contributed by atoms with Crippen molar-refractivity contribution in [3.05, 3.63) is 24.4 Å². The molecular formula is C12H15F3N4O3. The second-order valence-electron chi connectivity index (χ2n) is 4.30. The van der Waals surface area contributed by atoms with Crippen LogP contribution in [0, 0.1) is 0 Å². The summed E-state index contributed by atoms with van der Waals surface area (Å²) in [5, 5.41) is 5.55. The van der Waals surface area contributed by atoms with Crippen molar-refractivity contribution in [3.63, 3.8) is 0 Å². The third-order valence-electron chi connectivity index (χ3n) is 2.65. The van der Waals surface area contributed by atoms with Gasteiger partial charge in [0.2, 0.25) is 11.8 Å². The molecule has 0 fully saturated rings. The van der Waals surface area contributed by atoms with Crippen LogP contribution in [0.4, 0.5) is 13.2 Å². The van der Waals surface area contributed by atoms with E-state index >= 15 is 0 Å². The molecule has 1 heterocycles. The van der Waals surface area contributed by atoms with Crippen LogP contribution in [-0.2, 0) is 15.8 Å². The lowest BCUT2D eigenvalue weighted by atomic mass is 10.3. The highest BCUT2D eigenvalue weighted by Crippen LogP contribution is 2.28. The Morgan fingerprint density at radius 2 is 2.14 bits per heavy atom. The summed E-state index contributed by atoms with van der Waals surface area (Å²) < 4.78 is 41.1. The van der Waals surface area contributed by atoms with Gasteiger partial charge in [-0.25, -0.2) is 0 Å². The number of nitrogens with zero attached hydrogens (tertiary/aromatic N) is 3. The highest BCUT2D eigenvalue weighted by atomic mass is 19.4. The summed E-state index contributed by atoms with van der Waals surface area (Å²) in [4.78, 5) is 27.6. The summed E-state index contributed by atoms with van der Waals surface area (Å²) in [5.41, 5.74) is 0. The quantitative estimate of drug-likeness (QED) is 0.798. The molecule has 0 aromatic carbocycles. The number of rotatable bonds is 6. The van der Waals surface area contributed by atoms with Gasteiger partial charge in [0, 0.05) is 6.54 Å². The van der Waals surface area contributed by atoms with Gasteiger partial charge in [-0.05, 0) is 19.9 Å². The Labute approximate surface area is 124 Å². The standard InChI is InChI=1S/C12H15F3N4O3/c1-4-9(21)19(5-2)6-8(20)16-7(3)10-17-11(22-18-10)12(13,14)15/h4,7H,1,5-6H2,2-3H3,(H,16,20). The van der Waals surface area contributed by atoms with E-state index in [2.05, 4.69) is 26.6 Å². The van der Waals surface area contributed by atoms with Crippen LogP contribution in [0.5, 0.6) is 0 Å². The molecule has 7 nitrogen and oxygen atoms in total. The zero-order valence-electron chi connectivity index (χ0n) is 12.0. The fraction of sp³-hybridized carbons (Fsp3) is 0.500. The highest BCUT2D eigenvalue weighted by Gasteiger charge is 2.39. The first-order valence-corrected chi connectivity index (χ1v) is 6.30. The topological polar surface area (TPSA) is 88.3 Å². The van der Waals surface area contributed by atoms with Crippen molar-refractivity contribution in [2.45, 2.75) is 26.1 Å². The van der Waals surface area contributed by atoms with Crippen molar-refractivity contribution in [3.8, 4) is 0 Å². The van der Waals surface area contributed by atoms with Crippen molar-refractivity contribution >= 4 is 11.8 Å². The van der Waals surface area contributed by atoms with Crippen LogP contribution in [0.1, 0.15) is 31.6 Å². The maximum atomic E-state index is 12.3. The zero-order chi connectivity index (χ0) is 16.9. The molecule has 22 heavy (non-hydrogen) atoms. The maximum absolute atomic E-state index is 12.3. The van der Waals surface area contributed by atoms with Crippen molar-refractivity contribution in [2.75, 3.05) is 13.1 Å². The normalized spacial score (nSPS) is 12.6. The van der Waals surface area contributed by atoms with Crippen LogP contribution < -0.4 is 5.32 Å². The van der Waals surface area contributed by atoms with E-state index in [1.165, 1.54) is 11.8 Å². The summed E-state index contributed by atoms with van der Waals surface area (Å²) in [5.74, 6) is -2.79. The minimum atomic E-state index is -4.75. The van der Waals surface area contributed by atoms with Crippen molar-refractivity contribution in [2.24, 2.45) is 0 Å². The molecule has 10 heteroatoms. The molecule has 1 aromatic rings. The highest BCUT2D eigenvalue weighted by molar-refractivity contribution is 5.90. The first-order chi connectivity index (χ1) is 10.2. The fourth-order valence-corrected chi connectivity index (χ4v) is 1.53. The molecule has 0 spiro atoms. The lowest BCUT2D eigenvalue weighted by Crippen LogP contribution is -2.40. The van der Waals surface area contributed by atoms with E-state index in [0.717, 1.165) is 6.08 Å². The molecule has 0 bridgehead atoms. The van der Waals surface area contributed by atoms with Crippen LogP contribution in [-0.4, -0.2) is 39.9 Å². The molecule has 2 amide bonds. The summed E-state index contributed by atoms with van der Waals surface area (Å²) in [6.45, 7) is 6.41. The summed E-state index contributed by atoms with van der Waals surface area (Å²) in [7, 11) is 0. The summed E-state index contributed by atoms with van der Waals surface area (Å²) in [6.07, 6.45) is -3.68. The second kappa shape index (κ2) is 7.05. The molecular weight excluding hydrogens is 305 g/mol. The Balaban J connectivity index is 2.66. The van der Waals surface area contributed by atoms with Gasteiger partial charge >= 0.3 is 12.1 Å². The fourth-order valence-electron chi connectivity index (χ4n) is 1.53. The van der Waals surface area contributed by atoms with E-state index in [1.807, 2.05) is 0 Å². The van der Waals surface area contributed by atoms with Crippen LogP contribution in [0.2, 0.25) is 0 Å². The molecule has 0 radical (unpaired) electrons. The van der Waals surface area contributed by atoms with Gasteiger partial charge in [0.05, 0.1) is 12.6 Å².